The fourth-order valence-electron chi connectivity index (χ4n) is 1.80. The quantitative estimate of drug-likeness (QED) is 0.823. The van der Waals surface area contributed by atoms with Crippen LogP contribution in [0.3, 0.4) is 0 Å². The number of carboxylic acids is 1. The molecule has 0 atom stereocenters. The van der Waals surface area contributed by atoms with Crippen molar-refractivity contribution in [2.45, 2.75) is 33.1 Å². The van der Waals surface area contributed by atoms with E-state index in [1.165, 1.54) is 5.56 Å². The summed E-state index contributed by atoms with van der Waals surface area (Å²) < 4.78 is 0. The van der Waals surface area contributed by atoms with Crippen LogP contribution in [0.5, 0.6) is 0 Å². The minimum absolute atomic E-state index is 0.0644. The third-order valence-corrected chi connectivity index (χ3v) is 2.74. The molecule has 0 aliphatic carbocycles. The first-order chi connectivity index (χ1) is 8.04. The maximum atomic E-state index is 10.8. The molecule has 0 amide bonds. The number of nitrogens with zero attached hydrogens (tertiary/aromatic N) is 1. The SMILES string of the molecule is CCCN(CC(=O)O)c1ccc(C(C)C)cc1. The molecule has 0 aliphatic heterocycles. The van der Waals surface area contributed by atoms with E-state index in [2.05, 4.69) is 32.9 Å². The largest absolute Gasteiger partial charge is 0.480 e. The van der Waals surface area contributed by atoms with Gasteiger partial charge in [-0.25, -0.2) is 0 Å². The lowest BCUT2D eigenvalue weighted by atomic mass is 10.0. The van der Waals surface area contributed by atoms with Crippen molar-refractivity contribution < 1.29 is 9.90 Å². The van der Waals surface area contributed by atoms with Crippen LogP contribution in [0.1, 0.15) is 38.7 Å². The van der Waals surface area contributed by atoms with E-state index in [1.807, 2.05) is 17.0 Å². The van der Waals surface area contributed by atoms with Crippen molar-refractivity contribution in [1.82, 2.24) is 0 Å². The van der Waals surface area contributed by atoms with Crippen molar-refractivity contribution in [3.8, 4) is 0 Å². The Morgan fingerprint density at radius 1 is 1.29 bits per heavy atom. The highest BCUT2D eigenvalue weighted by atomic mass is 16.4. The van der Waals surface area contributed by atoms with E-state index in [-0.39, 0.29) is 6.54 Å². The lowest BCUT2D eigenvalue weighted by molar-refractivity contribution is -0.135. The van der Waals surface area contributed by atoms with Crippen LogP contribution in [0.4, 0.5) is 5.69 Å². The number of aliphatic carboxylic acids is 1. The molecule has 0 heterocycles. The summed E-state index contributed by atoms with van der Waals surface area (Å²) in [6, 6.07) is 8.16. The van der Waals surface area contributed by atoms with Crippen molar-refractivity contribution >= 4 is 11.7 Å². The molecule has 3 heteroatoms. The summed E-state index contributed by atoms with van der Waals surface area (Å²) in [7, 11) is 0. The molecule has 3 nitrogen and oxygen atoms in total. The summed E-state index contributed by atoms with van der Waals surface area (Å²) >= 11 is 0. The third-order valence-electron chi connectivity index (χ3n) is 2.74. The smallest absolute Gasteiger partial charge is 0.323 e. The van der Waals surface area contributed by atoms with Gasteiger partial charge in [-0.1, -0.05) is 32.9 Å². The first-order valence-electron chi connectivity index (χ1n) is 6.11. The molecule has 0 unspecified atom stereocenters. The van der Waals surface area contributed by atoms with Crippen LogP contribution in [-0.4, -0.2) is 24.2 Å². The predicted molar refractivity (Wildman–Crippen MR) is 70.7 cm³/mol. The normalized spacial score (nSPS) is 10.6. The zero-order valence-corrected chi connectivity index (χ0v) is 10.8. The zero-order valence-electron chi connectivity index (χ0n) is 10.8. The number of hydrogen-bond acceptors (Lipinski definition) is 2. The van der Waals surface area contributed by atoms with E-state index in [0.29, 0.717) is 5.92 Å². The van der Waals surface area contributed by atoms with E-state index in [9.17, 15) is 4.79 Å². The van der Waals surface area contributed by atoms with Gasteiger partial charge in [0, 0.05) is 12.2 Å². The molecule has 1 aromatic rings. The highest BCUT2D eigenvalue weighted by Crippen LogP contribution is 2.20. The molecule has 0 bridgehead atoms. The molecule has 1 rings (SSSR count). The van der Waals surface area contributed by atoms with Crippen LogP contribution in [0.2, 0.25) is 0 Å². The van der Waals surface area contributed by atoms with Gasteiger partial charge < -0.3 is 10.0 Å². The van der Waals surface area contributed by atoms with Gasteiger partial charge in [0.25, 0.3) is 0 Å². The molecule has 0 radical (unpaired) electrons. The maximum absolute atomic E-state index is 10.8. The number of rotatable bonds is 6. The highest BCUT2D eigenvalue weighted by Gasteiger charge is 2.09. The molecular weight excluding hydrogens is 214 g/mol. The van der Waals surface area contributed by atoms with E-state index in [0.717, 1.165) is 18.7 Å². The molecule has 0 aromatic heterocycles. The van der Waals surface area contributed by atoms with Crippen molar-refractivity contribution in [2.75, 3.05) is 18.0 Å². The molecule has 0 saturated carbocycles. The Bertz CT molecular complexity index is 357. The lowest BCUT2D eigenvalue weighted by Gasteiger charge is -2.22. The van der Waals surface area contributed by atoms with Crippen LogP contribution in [0, 0.1) is 0 Å². The molecule has 1 N–H and O–H groups in total. The number of benzene rings is 1. The van der Waals surface area contributed by atoms with Crippen molar-refractivity contribution in [2.24, 2.45) is 0 Å². The Balaban J connectivity index is 2.83. The molecule has 0 saturated heterocycles. The first-order valence-corrected chi connectivity index (χ1v) is 6.11. The van der Waals surface area contributed by atoms with Gasteiger partial charge in [0.05, 0.1) is 0 Å². The van der Waals surface area contributed by atoms with Crippen molar-refractivity contribution in [3.63, 3.8) is 0 Å². The summed E-state index contributed by atoms with van der Waals surface area (Å²) in [6.45, 7) is 7.19. The van der Waals surface area contributed by atoms with Crippen LogP contribution in [-0.2, 0) is 4.79 Å². The summed E-state index contributed by atoms with van der Waals surface area (Å²) in [5, 5.41) is 8.87. The minimum atomic E-state index is -0.786. The van der Waals surface area contributed by atoms with Crippen LogP contribution in [0.15, 0.2) is 24.3 Å². The van der Waals surface area contributed by atoms with E-state index in [1.54, 1.807) is 0 Å². The second-order valence-corrected chi connectivity index (χ2v) is 4.56. The fraction of sp³-hybridized carbons (Fsp3) is 0.500. The predicted octanol–water partition coefficient (Wildman–Crippen LogP) is 3.11. The Kier molecular flexibility index (Phi) is 5.01. The number of hydrogen-bond donors (Lipinski definition) is 1. The van der Waals surface area contributed by atoms with Gasteiger partial charge in [0.2, 0.25) is 0 Å². The van der Waals surface area contributed by atoms with Crippen LogP contribution >= 0.6 is 0 Å². The molecule has 94 valence electrons. The summed E-state index contributed by atoms with van der Waals surface area (Å²) in [4.78, 5) is 12.7. The standard InChI is InChI=1S/C14H21NO2/c1-4-9-15(10-14(16)17)13-7-5-12(6-8-13)11(2)3/h5-8,11H,4,9-10H2,1-3H3,(H,16,17). The third kappa shape index (κ3) is 4.10. The number of anilines is 1. The van der Waals surface area contributed by atoms with E-state index < -0.39 is 5.97 Å². The average Bonchev–Trinajstić information content (AvgIpc) is 2.28. The number of carbonyl (C=O) groups is 1. The van der Waals surface area contributed by atoms with Crippen molar-refractivity contribution in [3.05, 3.63) is 29.8 Å². The second kappa shape index (κ2) is 6.28. The fourth-order valence-corrected chi connectivity index (χ4v) is 1.80. The van der Waals surface area contributed by atoms with Gasteiger partial charge in [0.15, 0.2) is 0 Å². The summed E-state index contributed by atoms with van der Waals surface area (Å²) in [6.07, 6.45) is 0.944. The van der Waals surface area contributed by atoms with Gasteiger partial charge in [-0.15, -0.1) is 0 Å². The molecule has 0 aliphatic rings. The van der Waals surface area contributed by atoms with Gasteiger partial charge in [-0.2, -0.15) is 0 Å². The maximum Gasteiger partial charge on any atom is 0.323 e. The van der Waals surface area contributed by atoms with Gasteiger partial charge >= 0.3 is 5.97 Å². The monoisotopic (exact) mass is 235 g/mol. The van der Waals surface area contributed by atoms with Crippen LogP contribution in [0.25, 0.3) is 0 Å². The van der Waals surface area contributed by atoms with Gasteiger partial charge in [0.1, 0.15) is 6.54 Å². The lowest BCUT2D eigenvalue weighted by Crippen LogP contribution is -2.30. The van der Waals surface area contributed by atoms with Crippen molar-refractivity contribution in [1.29, 1.82) is 0 Å². The van der Waals surface area contributed by atoms with E-state index >= 15 is 0 Å². The topological polar surface area (TPSA) is 40.5 Å². The molecule has 17 heavy (non-hydrogen) atoms. The Morgan fingerprint density at radius 2 is 1.88 bits per heavy atom. The Hall–Kier alpha value is -1.51. The van der Waals surface area contributed by atoms with Gasteiger partial charge in [-0.3, -0.25) is 4.79 Å². The zero-order chi connectivity index (χ0) is 12.8. The average molecular weight is 235 g/mol. The Labute approximate surface area is 103 Å². The summed E-state index contributed by atoms with van der Waals surface area (Å²) in [5.74, 6) is -0.283. The van der Waals surface area contributed by atoms with Gasteiger partial charge in [-0.05, 0) is 30.0 Å². The van der Waals surface area contributed by atoms with E-state index in [4.69, 9.17) is 5.11 Å². The number of carboxylic acid groups (broad SMARTS) is 1. The first kappa shape index (κ1) is 13.6. The second-order valence-electron chi connectivity index (χ2n) is 4.56. The molecule has 0 fully saturated rings. The van der Waals surface area contributed by atoms with Crippen LogP contribution < -0.4 is 4.90 Å². The Morgan fingerprint density at radius 3 is 2.29 bits per heavy atom. The molecule has 0 spiro atoms. The minimum Gasteiger partial charge on any atom is -0.480 e. The molecule has 1 aromatic carbocycles. The highest BCUT2D eigenvalue weighted by molar-refractivity contribution is 5.73. The summed E-state index contributed by atoms with van der Waals surface area (Å²) in [5.41, 5.74) is 2.26. The molecular formula is C14H21NO2.